The van der Waals surface area contributed by atoms with Crippen LogP contribution in [-0.2, 0) is 11.3 Å². The molecule has 1 aliphatic rings. The number of carbonyl (C=O) groups excluding carboxylic acids is 1. The van der Waals surface area contributed by atoms with Gasteiger partial charge in [0.1, 0.15) is 5.75 Å². The van der Waals surface area contributed by atoms with Crippen LogP contribution in [0.15, 0.2) is 24.3 Å². The number of rotatable bonds is 5. The molecule has 1 aromatic rings. The highest BCUT2D eigenvalue weighted by Crippen LogP contribution is 2.19. The second-order valence-electron chi connectivity index (χ2n) is 5.56. The number of benzene rings is 1. The van der Waals surface area contributed by atoms with Gasteiger partial charge in [0, 0.05) is 19.1 Å². The minimum absolute atomic E-state index is 0.0825. The Bertz CT molecular complexity index is 447. The Balaban J connectivity index is 1.86. The molecule has 5 nitrogen and oxygen atoms in total. The van der Waals surface area contributed by atoms with Crippen LogP contribution >= 0.6 is 0 Å². The highest BCUT2D eigenvalue weighted by atomic mass is 16.5. The quantitative estimate of drug-likeness (QED) is 0.831. The Labute approximate surface area is 119 Å². The summed E-state index contributed by atoms with van der Waals surface area (Å²) in [5, 5.41) is 0. The molecule has 2 rings (SSSR count). The number of carbonyl (C=O) groups is 1. The van der Waals surface area contributed by atoms with Gasteiger partial charge in [0.05, 0.1) is 0 Å². The standard InChI is InChI=1S/C15H23N3O2/c1-11-8-18(7-6-14(11)16)9-12-2-4-13(5-3-12)20-10-15(17)19/h2-5,11,14H,6-10,16H2,1H3,(H2,17,19). The Hall–Kier alpha value is -1.59. The van der Waals surface area contributed by atoms with Gasteiger partial charge in [-0.2, -0.15) is 0 Å². The summed E-state index contributed by atoms with van der Waals surface area (Å²) in [5.41, 5.74) is 12.3. The van der Waals surface area contributed by atoms with Crippen molar-refractivity contribution in [2.24, 2.45) is 17.4 Å². The summed E-state index contributed by atoms with van der Waals surface area (Å²) in [6.45, 7) is 5.14. The molecule has 0 aromatic heterocycles. The molecule has 0 saturated carbocycles. The SMILES string of the molecule is CC1CN(Cc2ccc(OCC(N)=O)cc2)CCC1N. The number of hydrogen-bond acceptors (Lipinski definition) is 4. The Kier molecular flexibility index (Phi) is 4.98. The fourth-order valence-corrected chi connectivity index (χ4v) is 2.50. The molecule has 20 heavy (non-hydrogen) atoms. The van der Waals surface area contributed by atoms with E-state index >= 15 is 0 Å². The normalized spacial score (nSPS) is 23.5. The van der Waals surface area contributed by atoms with Gasteiger partial charge in [0.25, 0.3) is 5.91 Å². The molecule has 1 aliphatic heterocycles. The van der Waals surface area contributed by atoms with Crippen LogP contribution in [0.25, 0.3) is 0 Å². The molecule has 1 heterocycles. The van der Waals surface area contributed by atoms with Crippen molar-refractivity contribution >= 4 is 5.91 Å². The van der Waals surface area contributed by atoms with E-state index in [1.165, 1.54) is 5.56 Å². The van der Waals surface area contributed by atoms with Crippen LogP contribution in [0.2, 0.25) is 0 Å². The molecule has 4 N–H and O–H groups in total. The van der Waals surface area contributed by atoms with Gasteiger partial charge in [-0.1, -0.05) is 19.1 Å². The number of amides is 1. The fourth-order valence-electron chi connectivity index (χ4n) is 2.50. The maximum atomic E-state index is 10.6. The molecule has 0 radical (unpaired) electrons. The molecule has 1 aromatic carbocycles. The van der Waals surface area contributed by atoms with Crippen LogP contribution in [0, 0.1) is 5.92 Å². The summed E-state index contributed by atoms with van der Waals surface area (Å²) in [6, 6.07) is 8.12. The van der Waals surface area contributed by atoms with Gasteiger partial charge in [0.15, 0.2) is 6.61 Å². The topological polar surface area (TPSA) is 81.6 Å². The van der Waals surface area contributed by atoms with Crippen molar-refractivity contribution in [2.75, 3.05) is 19.7 Å². The van der Waals surface area contributed by atoms with E-state index in [0.29, 0.717) is 17.7 Å². The third-order valence-electron chi connectivity index (χ3n) is 3.77. The zero-order valence-corrected chi connectivity index (χ0v) is 11.9. The zero-order valence-electron chi connectivity index (χ0n) is 11.9. The predicted octanol–water partition coefficient (Wildman–Crippen LogP) is 0.720. The van der Waals surface area contributed by atoms with Crippen LogP contribution in [0.5, 0.6) is 5.75 Å². The van der Waals surface area contributed by atoms with E-state index in [9.17, 15) is 4.79 Å². The molecular formula is C15H23N3O2. The van der Waals surface area contributed by atoms with Gasteiger partial charge < -0.3 is 16.2 Å². The molecule has 1 saturated heterocycles. The van der Waals surface area contributed by atoms with Gasteiger partial charge in [-0.15, -0.1) is 0 Å². The lowest BCUT2D eigenvalue weighted by molar-refractivity contribution is -0.119. The molecule has 0 spiro atoms. The van der Waals surface area contributed by atoms with E-state index in [-0.39, 0.29) is 6.61 Å². The Morgan fingerprint density at radius 2 is 2.10 bits per heavy atom. The monoisotopic (exact) mass is 277 g/mol. The number of primary amides is 1. The van der Waals surface area contributed by atoms with Crippen molar-refractivity contribution in [3.05, 3.63) is 29.8 Å². The summed E-state index contributed by atoms with van der Waals surface area (Å²) < 4.78 is 5.24. The van der Waals surface area contributed by atoms with Crippen LogP contribution < -0.4 is 16.2 Å². The lowest BCUT2D eigenvalue weighted by Gasteiger charge is -2.35. The number of hydrogen-bond donors (Lipinski definition) is 2. The number of nitrogens with zero attached hydrogens (tertiary/aromatic N) is 1. The van der Waals surface area contributed by atoms with Gasteiger partial charge in [-0.25, -0.2) is 0 Å². The minimum atomic E-state index is -0.465. The van der Waals surface area contributed by atoms with Crippen molar-refractivity contribution < 1.29 is 9.53 Å². The van der Waals surface area contributed by atoms with Crippen molar-refractivity contribution in [2.45, 2.75) is 25.9 Å². The lowest BCUT2D eigenvalue weighted by Crippen LogP contribution is -2.45. The molecule has 0 aliphatic carbocycles. The highest BCUT2D eigenvalue weighted by molar-refractivity contribution is 5.75. The number of ether oxygens (including phenoxy) is 1. The first-order valence-corrected chi connectivity index (χ1v) is 7.02. The average Bonchev–Trinajstić information content (AvgIpc) is 2.42. The maximum Gasteiger partial charge on any atom is 0.255 e. The van der Waals surface area contributed by atoms with Crippen LogP contribution in [0.3, 0.4) is 0 Å². The summed E-state index contributed by atoms with van der Waals surface area (Å²) >= 11 is 0. The van der Waals surface area contributed by atoms with Crippen molar-refractivity contribution in [1.82, 2.24) is 4.90 Å². The molecule has 5 heteroatoms. The largest absolute Gasteiger partial charge is 0.484 e. The summed E-state index contributed by atoms with van der Waals surface area (Å²) in [6.07, 6.45) is 1.06. The molecule has 110 valence electrons. The average molecular weight is 277 g/mol. The third kappa shape index (κ3) is 4.21. The van der Waals surface area contributed by atoms with Crippen LogP contribution in [-0.4, -0.2) is 36.5 Å². The van der Waals surface area contributed by atoms with Crippen molar-refractivity contribution in [3.63, 3.8) is 0 Å². The van der Waals surface area contributed by atoms with E-state index in [1.54, 1.807) is 0 Å². The fraction of sp³-hybridized carbons (Fsp3) is 0.533. The van der Waals surface area contributed by atoms with Crippen molar-refractivity contribution in [1.29, 1.82) is 0 Å². The Morgan fingerprint density at radius 3 is 2.70 bits per heavy atom. The van der Waals surface area contributed by atoms with E-state index in [1.807, 2.05) is 24.3 Å². The van der Waals surface area contributed by atoms with Crippen LogP contribution in [0.1, 0.15) is 18.9 Å². The van der Waals surface area contributed by atoms with Gasteiger partial charge >= 0.3 is 0 Å². The smallest absolute Gasteiger partial charge is 0.255 e. The van der Waals surface area contributed by atoms with E-state index in [0.717, 1.165) is 26.1 Å². The maximum absolute atomic E-state index is 10.6. The van der Waals surface area contributed by atoms with Gasteiger partial charge in [-0.3, -0.25) is 9.69 Å². The summed E-state index contributed by atoms with van der Waals surface area (Å²) in [7, 11) is 0. The molecule has 2 atom stereocenters. The minimum Gasteiger partial charge on any atom is -0.484 e. The molecular weight excluding hydrogens is 254 g/mol. The molecule has 1 amide bonds. The van der Waals surface area contributed by atoms with E-state index in [4.69, 9.17) is 16.2 Å². The summed E-state index contributed by atoms with van der Waals surface area (Å²) in [5.74, 6) is 0.747. The first kappa shape index (κ1) is 14.8. The predicted molar refractivity (Wildman–Crippen MR) is 78.2 cm³/mol. The molecule has 1 fully saturated rings. The molecule has 2 unspecified atom stereocenters. The number of likely N-dealkylation sites (tertiary alicyclic amines) is 1. The second kappa shape index (κ2) is 6.72. The van der Waals surface area contributed by atoms with Gasteiger partial charge in [0.2, 0.25) is 0 Å². The first-order valence-electron chi connectivity index (χ1n) is 7.02. The second-order valence-corrected chi connectivity index (χ2v) is 5.56. The molecule has 0 bridgehead atoms. The number of nitrogens with two attached hydrogens (primary N) is 2. The van der Waals surface area contributed by atoms with Crippen LogP contribution in [0.4, 0.5) is 0 Å². The van der Waals surface area contributed by atoms with Crippen molar-refractivity contribution in [3.8, 4) is 5.75 Å². The Morgan fingerprint density at radius 1 is 1.40 bits per heavy atom. The van der Waals surface area contributed by atoms with E-state index in [2.05, 4.69) is 11.8 Å². The number of piperidine rings is 1. The lowest BCUT2D eigenvalue weighted by atomic mass is 9.94. The third-order valence-corrected chi connectivity index (χ3v) is 3.77. The zero-order chi connectivity index (χ0) is 14.5. The van der Waals surface area contributed by atoms with E-state index < -0.39 is 5.91 Å². The highest BCUT2D eigenvalue weighted by Gasteiger charge is 2.22. The summed E-state index contributed by atoms with van der Waals surface area (Å²) in [4.78, 5) is 13.1. The first-order chi connectivity index (χ1) is 9.54. The van der Waals surface area contributed by atoms with Gasteiger partial charge in [-0.05, 0) is 36.6 Å².